The van der Waals surface area contributed by atoms with E-state index in [1.807, 2.05) is 12.1 Å². The van der Waals surface area contributed by atoms with Gasteiger partial charge in [0.25, 0.3) is 0 Å². The van der Waals surface area contributed by atoms with Crippen LogP contribution in [0.5, 0.6) is 5.75 Å². The van der Waals surface area contributed by atoms with E-state index in [0.717, 1.165) is 25.2 Å². The Kier molecular flexibility index (Phi) is 3.51. The van der Waals surface area contributed by atoms with Gasteiger partial charge in [-0.1, -0.05) is 12.1 Å². The Morgan fingerprint density at radius 1 is 1.40 bits per heavy atom. The van der Waals surface area contributed by atoms with Crippen molar-refractivity contribution in [2.75, 3.05) is 13.7 Å². The molecular weight excluding hydrogens is 250 g/mol. The number of rotatable bonds is 3. The van der Waals surface area contributed by atoms with Crippen LogP contribution in [0.2, 0.25) is 0 Å². The quantitative estimate of drug-likeness (QED) is 0.921. The van der Waals surface area contributed by atoms with Crippen molar-refractivity contribution in [1.29, 1.82) is 0 Å². The molecule has 1 aliphatic carbocycles. The largest absolute Gasteiger partial charge is 0.497 e. The van der Waals surface area contributed by atoms with E-state index < -0.39 is 0 Å². The van der Waals surface area contributed by atoms with Gasteiger partial charge in [-0.2, -0.15) is 0 Å². The predicted octanol–water partition coefficient (Wildman–Crippen LogP) is 3.22. The molecule has 1 spiro atoms. The van der Waals surface area contributed by atoms with Gasteiger partial charge >= 0.3 is 0 Å². The summed E-state index contributed by atoms with van der Waals surface area (Å²) in [6, 6.07) is 8.18. The molecule has 1 aromatic rings. The van der Waals surface area contributed by atoms with Crippen LogP contribution in [0.25, 0.3) is 0 Å². The summed E-state index contributed by atoms with van der Waals surface area (Å²) in [5.41, 5.74) is 7.71. The van der Waals surface area contributed by atoms with Gasteiger partial charge in [0.2, 0.25) is 0 Å². The first kappa shape index (κ1) is 13.9. The zero-order chi connectivity index (χ0) is 14.2. The summed E-state index contributed by atoms with van der Waals surface area (Å²) < 4.78 is 11.4. The van der Waals surface area contributed by atoms with E-state index >= 15 is 0 Å². The molecule has 0 bridgehead atoms. The summed E-state index contributed by atoms with van der Waals surface area (Å²) in [6.07, 6.45) is 5.85. The van der Waals surface area contributed by atoms with E-state index in [2.05, 4.69) is 19.1 Å². The molecule has 0 amide bonds. The Bertz CT molecular complexity index is 480. The topological polar surface area (TPSA) is 44.5 Å². The molecule has 1 aromatic carbocycles. The molecule has 2 unspecified atom stereocenters. The molecule has 3 rings (SSSR count). The Morgan fingerprint density at radius 2 is 2.20 bits per heavy atom. The maximum Gasteiger partial charge on any atom is 0.119 e. The van der Waals surface area contributed by atoms with Crippen LogP contribution < -0.4 is 10.5 Å². The Labute approximate surface area is 121 Å². The third-order valence-electron chi connectivity index (χ3n) is 5.30. The zero-order valence-corrected chi connectivity index (χ0v) is 12.5. The number of hydrogen-bond donors (Lipinski definition) is 1. The molecule has 0 aromatic heterocycles. The zero-order valence-electron chi connectivity index (χ0n) is 12.5. The summed E-state index contributed by atoms with van der Waals surface area (Å²) in [5.74, 6) is 1.35. The smallest absolute Gasteiger partial charge is 0.119 e. The minimum absolute atomic E-state index is 0.141. The lowest BCUT2D eigenvalue weighted by molar-refractivity contribution is -0.151. The maximum absolute atomic E-state index is 6.73. The third-order valence-corrected chi connectivity index (χ3v) is 5.30. The van der Waals surface area contributed by atoms with Crippen LogP contribution in [-0.4, -0.2) is 19.3 Å². The van der Waals surface area contributed by atoms with Crippen molar-refractivity contribution < 1.29 is 9.47 Å². The third kappa shape index (κ3) is 2.33. The van der Waals surface area contributed by atoms with Crippen LogP contribution in [0.4, 0.5) is 0 Å². The van der Waals surface area contributed by atoms with Crippen LogP contribution >= 0.6 is 0 Å². The molecule has 1 saturated carbocycles. The van der Waals surface area contributed by atoms with Crippen LogP contribution in [0.3, 0.4) is 0 Å². The Morgan fingerprint density at radius 3 is 2.85 bits per heavy atom. The van der Waals surface area contributed by atoms with Crippen molar-refractivity contribution in [2.24, 2.45) is 11.7 Å². The lowest BCUT2D eigenvalue weighted by atomic mass is 9.66. The van der Waals surface area contributed by atoms with Crippen LogP contribution in [0.1, 0.15) is 44.6 Å². The van der Waals surface area contributed by atoms with Crippen molar-refractivity contribution in [1.82, 2.24) is 0 Å². The molecule has 1 saturated heterocycles. The average molecular weight is 275 g/mol. The molecular formula is C17H25NO2. The van der Waals surface area contributed by atoms with E-state index in [1.54, 1.807) is 7.11 Å². The number of methoxy groups -OCH3 is 1. The molecule has 2 aliphatic rings. The summed E-state index contributed by atoms with van der Waals surface area (Å²) in [5, 5.41) is 0. The molecule has 1 aliphatic heterocycles. The van der Waals surface area contributed by atoms with Gasteiger partial charge in [0.15, 0.2) is 0 Å². The fourth-order valence-corrected chi connectivity index (χ4v) is 3.65. The van der Waals surface area contributed by atoms with Gasteiger partial charge in [-0.05, 0) is 62.6 Å². The normalized spacial score (nSPS) is 27.6. The average Bonchev–Trinajstić information content (AvgIpc) is 2.46. The molecule has 3 heteroatoms. The predicted molar refractivity (Wildman–Crippen MR) is 79.8 cm³/mol. The van der Waals surface area contributed by atoms with Gasteiger partial charge in [0.05, 0.1) is 12.7 Å². The summed E-state index contributed by atoms with van der Waals surface area (Å²) in [7, 11) is 1.70. The van der Waals surface area contributed by atoms with Crippen LogP contribution in [-0.2, 0) is 10.3 Å². The Balaban J connectivity index is 1.82. The fraction of sp³-hybridized carbons (Fsp3) is 0.647. The number of benzene rings is 1. The van der Waals surface area contributed by atoms with E-state index in [0.29, 0.717) is 5.92 Å². The van der Waals surface area contributed by atoms with E-state index in [-0.39, 0.29) is 11.1 Å². The van der Waals surface area contributed by atoms with Crippen LogP contribution in [0.15, 0.2) is 24.3 Å². The highest BCUT2D eigenvalue weighted by atomic mass is 16.5. The number of hydrogen-bond acceptors (Lipinski definition) is 3. The van der Waals surface area contributed by atoms with Gasteiger partial charge in [-0.3, -0.25) is 0 Å². The second-order valence-electron chi connectivity index (χ2n) is 6.59. The van der Waals surface area contributed by atoms with Crippen molar-refractivity contribution in [2.45, 2.75) is 50.2 Å². The van der Waals surface area contributed by atoms with Gasteiger partial charge < -0.3 is 15.2 Å². The van der Waals surface area contributed by atoms with Crippen molar-refractivity contribution in [3.05, 3.63) is 29.8 Å². The first-order valence-electron chi connectivity index (χ1n) is 7.63. The second kappa shape index (κ2) is 5.05. The molecule has 0 radical (unpaired) electrons. The summed E-state index contributed by atoms with van der Waals surface area (Å²) in [4.78, 5) is 0. The van der Waals surface area contributed by atoms with Gasteiger partial charge in [0.1, 0.15) is 5.75 Å². The lowest BCUT2D eigenvalue weighted by Crippen LogP contribution is -2.52. The van der Waals surface area contributed by atoms with Crippen LogP contribution in [0, 0.1) is 5.92 Å². The fourth-order valence-electron chi connectivity index (χ4n) is 3.65. The second-order valence-corrected chi connectivity index (χ2v) is 6.59. The van der Waals surface area contributed by atoms with Crippen molar-refractivity contribution in [3.8, 4) is 5.75 Å². The van der Waals surface area contributed by atoms with E-state index in [1.165, 1.54) is 24.8 Å². The lowest BCUT2D eigenvalue weighted by Gasteiger charge is -2.50. The number of ether oxygens (including phenoxy) is 2. The first-order valence-corrected chi connectivity index (χ1v) is 7.63. The minimum atomic E-state index is -0.319. The maximum atomic E-state index is 6.73. The number of nitrogens with two attached hydrogens (primary N) is 1. The molecule has 2 N–H and O–H groups in total. The summed E-state index contributed by atoms with van der Waals surface area (Å²) in [6.45, 7) is 3.01. The molecule has 2 fully saturated rings. The standard InChI is InChI=1S/C17H25NO2/c1-16(18,13-5-3-6-15(11-13)19-2)14-7-10-20-17(12-14)8-4-9-17/h3,5-6,11,14H,4,7-10,12,18H2,1-2H3. The van der Waals surface area contributed by atoms with Crippen molar-refractivity contribution in [3.63, 3.8) is 0 Å². The minimum Gasteiger partial charge on any atom is -0.497 e. The van der Waals surface area contributed by atoms with Gasteiger partial charge in [-0.25, -0.2) is 0 Å². The monoisotopic (exact) mass is 275 g/mol. The highest BCUT2D eigenvalue weighted by molar-refractivity contribution is 5.33. The molecule has 1 heterocycles. The first-order chi connectivity index (χ1) is 9.56. The van der Waals surface area contributed by atoms with Gasteiger partial charge in [0, 0.05) is 12.1 Å². The molecule has 3 nitrogen and oxygen atoms in total. The molecule has 2 atom stereocenters. The Hall–Kier alpha value is -1.06. The van der Waals surface area contributed by atoms with Gasteiger partial charge in [-0.15, -0.1) is 0 Å². The molecule has 20 heavy (non-hydrogen) atoms. The highest BCUT2D eigenvalue weighted by Gasteiger charge is 2.46. The summed E-state index contributed by atoms with van der Waals surface area (Å²) >= 11 is 0. The van der Waals surface area contributed by atoms with Crippen molar-refractivity contribution >= 4 is 0 Å². The molecule has 110 valence electrons. The highest BCUT2D eigenvalue weighted by Crippen LogP contribution is 2.48. The van der Waals surface area contributed by atoms with E-state index in [4.69, 9.17) is 15.2 Å². The SMILES string of the molecule is COc1cccc(C(C)(N)C2CCOC3(CCC3)C2)c1. The van der Waals surface area contributed by atoms with E-state index in [9.17, 15) is 0 Å².